The molecular formula is C14H19N3O4S. The summed E-state index contributed by atoms with van der Waals surface area (Å²) >= 11 is 0. The highest BCUT2D eigenvalue weighted by molar-refractivity contribution is 7.90. The Morgan fingerprint density at radius 1 is 1.41 bits per heavy atom. The average Bonchev–Trinajstić information content (AvgIpc) is 2.97. The first-order valence-electron chi connectivity index (χ1n) is 6.85. The number of aryl methyl sites for hydroxylation is 1. The summed E-state index contributed by atoms with van der Waals surface area (Å²) in [5, 5.41) is 4.25. The summed E-state index contributed by atoms with van der Waals surface area (Å²) in [6.07, 6.45) is 2.49. The highest BCUT2D eigenvalue weighted by Crippen LogP contribution is 2.20. The van der Waals surface area contributed by atoms with E-state index in [9.17, 15) is 13.2 Å². The third-order valence-corrected chi connectivity index (χ3v) is 4.71. The van der Waals surface area contributed by atoms with Crippen LogP contribution in [0.2, 0.25) is 0 Å². The van der Waals surface area contributed by atoms with Crippen molar-refractivity contribution < 1.29 is 17.6 Å². The summed E-state index contributed by atoms with van der Waals surface area (Å²) in [5.41, 5.74) is 1.03. The molecule has 8 heteroatoms. The number of nitrogens with one attached hydrogen (secondary N) is 1. The SMILES string of the molecule is Cc1nn(CC(C)C)c(C)c1S(=O)(=O)NC(=O)c1ccoc1. The van der Waals surface area contributed by atoms with Crippen molar-refractivity contribution in [1.82, 2.24) is 14.5 Å². The highest BCUT2D eigenvalue weighted by Gasteiger charge is 2.27. The predicted octanol–water partition coefficient (Wildman–Crippen LogP) is 1.87. The number of nitrogens with zero attached hydrogens (tertiary/aromatic N) is 2. The fourth-order valence-corrected chi connectivity index (χ4v) is 3.61. The summed E-state index contributed by atoms with van der Waals surface area (Å²) in [4.78, 5) is 12.0. The van der Waals surface area contributed by atoms with Crippen LogP contribution in [0.4, 0.5) is 0 Å². The van der Waals surface area contributed by atoms with Crippen molar-refractivity contribution >= 4 is 15.9 Å². The molecule has 0 radical (unpaired) electrons. The van der Waals surface area contributed by atoms with E-state index in [4.69, 9.17) is 4.42 Å². The first-order valence-corrected chi connectivity index (χ1v) is 8.34. The van der Waals surface area contributed by atoms with E-state index in [0.717, 1.165) is 0 Å². The van der Waals surface area contributed by atoms with Crippen LogP contribution in [0.3, 0.4) is 0 Å². The zero-order valence-electron chi connectivity index (χ0n) is 13.0. The summed E-state index contributed by atoms with van der Waals surface area (Å²) in [7, 11) is -3.99. The molecule has 2 aromatic rings. The molecule has 0 unspecified atom stereocenters. The maximum Gasteiger partial charge on any atom is 0.268 e. The number of carbonyl (C=O) groups excluding carboxylic acids is 1. The minimum atomic E-state index is -3.99. The normalized spacial score (nSPS) is 11.9. The number of rotatable bonds is 5. The highest BCUT2D eigenvalue weighted by atomic mass is 32.2. The van der Waals surface area contributed by atoms with Crippen LogP contribution in [0.15, 0.2) is 27.9 Å². The van der Waals surface area contributed by atoms with Crippen LogP contribution in [0.1, 0.15) is 35.6 Å². The number of aromatic nitrogens is 2. The monoisotopic (exact) mass is 325 g/mol. The second-order valence-corrected chi connectivity index (χ2v) is 7.14. The average molecular weight is 325 g/mol. The van der Waals surface area contributed by atoms with Crippen molar-refractivity contribution in [1.29, 1.82) is 0 Å². The topological polar surface area (TPSA) is 94.2 Å². The minimum absolute atomic E-state index is 0.0463. The van der Waals surface area contributed by atoms with Crippen LogP contribution >= 0.6 is 0 Å². The van der Waals surface area contributed by atoms with E-state index in [0.29, 0.717) is 23.9 Å². The van der Waals surface area contributed by atoms with Crippen molar-refractivity contribution in [2.75, 3.05) is 0 Å². The maximum absolute atomic E-state index is 12.5. The molecule has 0 bridgehead atoms. The molecule has 0 aromatic carbocycles. The molecule has 0 spiro atoms. The fourth-order valence-electron chi connectivity index (χ4n) is 2.22. The minimum Gasteiger partial charge on any atom is -0.472 e. The van der Waals surface area contributed by atoms with E-state index in [1.807, 2.05) is 18.6 Å². The first kappa shape index (κ1) is 16.3. The Labute approximate surface area is 129 Å². The number of amides is 1. The molecule has 1 N–H and O–H groups in total. The second kappa shape index (κ2) is 5.96. The summed E-state index contributed by atoms with van der Waals surface area (Å²) in [6, 6.07) is 1.40. The molecule has 22 heavy (non-hydrogen) atoms. The summed E-state index contributed by atoms with van der Waals surface area (Å²) in [5.74, 6) is -0.404. The summed E-state index contributed by atoms with van der Waals surface area (Å²) < 4.78 is 33.4. The van der Waals surface area contributed by atoms with E-state index in [-0.39, 0.29) is 10.5 Å². The van der Waals surface area contributed by atoms with Crippen molar-refractivity contribution in [2.24, 2.45) is 5.92 Å². The maximum atomic E-state index is 12.5. The molecule has 2 rings (SSSR count). The molecule has 0 aliphatic carbocycles. The van der Waals surface area contributed by atoms with Gasteiger partial charge in [0, 0.05) is 6.54 Å². The van der Waals surface area contributed by atoms with Crippen molar-refractivity contribution in [3.8, 4) is 0 Å². The van der Waals surface area contributed by atoms with Gasteiger partial charge in [-0.15, -0.1) is 0 Å². The lowest BCUT2D eigenvalue weighted by atomic mass is 10.2. The molecular weight excluding hydrogens is 306 g/mol. The molecule has 0 fully saturated rings. The van der Waals surface area contributed by atoms with Crippen molar-refractivity contribution in [3.05, 3.63) is 35.5 Å². The quantitative estimate of drug-likeness (QED) is 0.905. The lowest BCUT2D eigenvalue weighted by Crippen LogP contribution is -2.31. The van der Waals surface area contributed by atoms with Crippen LogP contribution in [0.5, 0.6) is 0 Å². The van der Waals surface area contributed by atoms with Gasteiger partial charge in [0.1, 0.15) is 11.2 Å². The first-order chi connectivity index (χ1) is 10.2. The van der Waals surface area contributed by atoms with Gasteiger partial charge in [-0.1, -0.05) is 13.8 Å². The van der Waals surface area contributed by atoms with Crippen LogP contribution < -0.4 is 4.72 Å². The molecule has 0 aliphatic rings. The molecule has 7 nitrogen and oxygen atoms in total. The standard InChI is InChI=1S/C14H19N3O4S/c1-9(2)7-17-11(4)13(10(3)15-17)22(19,20)16-14(18)12-5-6-21-8-12/h5-6,8-9H,7H2,1-4H3,(H,16,18). The zero-order chi connectivity index (χ0) is 16.5. The number of hydrogen-bond donors (Lipinski definition) is 1. The van der Waals surface area contributed by atoms with Crippen LogP contribution in [0.25, 0.3) is 0 Å². The lowest BCUT2D eigenvalue weighted by molar-refractivity contribution is 0.0981. The van der Waals surface area contributed by atoms with Crippen LogP contribution in [0, 0.1) is 19.8 Å². The number of carbonyl (C=O) groups is 1. The Kier molecular flexibility index (Phi) is 4.41. The van der Waals surface area contributed by atoms with Gasteiger partial charge in [-0.2, -0.15) is 5.10 Å². The largest absolute Gasteiger partial charge is 0.472 e. The Morgan fingerprint density at radius 2 is 2.09 bits per heavy atom. The van der Waals surface area contributed by atoms with Gasteiger partial charge in [0.2, 0.25) is 0 Å². The van der Waals surface area contributed by atoms with Gasteiger partial charge in [0.05, 0.1) is 23.2 Å². The van der Waals surface area contributed by atoms with E-state index in [1.165, 1.54) is 18.6 Å². The van der Waals surface area contributed by atoms with Crippen LogP contribution in [-0.2, 0) is 16.6 Å². The van der Waals surface area contributed by atoms with Gasteiger partial charge in [0.15, 0.2) is 0 Å². The van der Waals surface area contributed by atoms with E-state index in [1.54, 1.807) is 18.5 Å². The van der Waals surface area contributed by atoms with Gasteiger partial charge >= 0.3 is 0 Å². The van der Waals surface area contributed by atoms with Gasteiger partial charge in [-0.25, -0.2) is 13.1 Å². The molecule has 0 saturated heterocycles. The molecule has 2 aromatic heterocycles. The van der Waals surface area contributed by atoms with Crippen molar-refractivity contribution in [2.45, 2.75) is 39.1 Å². The molecule has 0 saturated carbocycles. The smallest absolute Gasteiger partial charge is 0.268 e. The molecule has 0 aliphatic heterocycles. The van der Waals surface area contributed by atoms with Gasteiger partial charge < -0.3 is 4.42 Å². The number of furan rings is 1. The molecule has 0 atom stereocenters. The third-order valence-electron chi connectivity index (χ3n) is 3.13. The summed E-state index contributed by atoms with van der Waals surface area (Å²) in [6.45, 7) is 7.94. The van der Waals surface area contributed by atoms with E-state index >= 15 is 0 Å². The third kappa shape index (κ3) is 3.22. The number of hydrogen-bond acceptors (Lipinski definition) is 5. The Bertz CT molecular complexity index is 773. The van der Waals surface area contributed by atoms with Gasteiger partial charge in [-0.05, 0) is 25.8 Å². The van der Waals surface area contributed by atoms with Gasteiger partial charge in [-0.3, -0.25) is 9.48 Å². The van der Waals surface area contributed by atoms with Gasteiger partial charge in [0.25, 0.3) is 15.9 Å². The molecule has 2 heterocycles. The zero-order valence-corrected chi connectivity index (χ0v) is 13.8. The number of sulfonamides is 1. The van der Waals surface area contributed by atoms with E-state index in [2.05, 4.69) is 5.10 Å². The van der Waals surface area contributed by atoms with Crippen LogP contribution in [-0.4, -0.2) is 24.1 Å². The van der Waals surface area contributed by atoms with Crippen molar-refractivity contribution in [3.63, 3.8) is 0 Å². The molecule has 1 amide bonds. The Hall–Kier alpha value is -2.09. The lowest BCUT2D eigenvalue weighted by Gasteiger charge is -2.09. The fraction of sp³-hybridized carbons (Fsp3) is 0.429. The van der Waals surface area contributed by atoms with E-state index < -0.39 is 15.9 Å². The second-order valence-electron chi connectivity index (χ2n) is 5.52. The predicted molar refractivity (Wildman–Crippen MR) is 79.9 cm³/mol. The molecule has 120 valence electrons. The Balaban J connectivity index is 2.34. The Morgan fingerprint density at radius 3 is 2.64 bits per heavy atom.